The summed E-state index contributed by atoms with van der Waals surface area (Å²) in [6.45, 7) is 4.52. The van der Waals surface area contributed by atoms with Crippen molar-refractivity contribution in [2.45, 2.75) is 25.2 Å². The van der Waals surface area contributed by atoms with Crippen molar-refractivity contribution in [1.29, 1.82) is 0 Å². The molecule has 0 spiro atoms. The fourth-order valence-electron chi connectivity index (χ4n) is 4.11. The van der Waals surface area contributed by atoms with Crippen molar-refractivity contribution in [2.24, 2.45) is 0 Å². The molecule has 1 aromatic heterocycles. The van der Waals surface area contributed by atoms with Crippen LogP contribution in [0.5, 0.6) is 23.0 Å². The Morgan fingerprint density at radius 1 is 0.814 bits per heavy atom. The van der Waals surface area contributed by atoms with Crippen LogP contribution >= 0.6 is 11.8 Å². The molecule has 3 aromatic carbocycles. The summed E-state index contributed by atoms with van der Waals surface area (Å²) in [5.41, 5.74) is 0.857. The molecule has 0 atom stereocenters. The largest absolute Gasteiger partial charge is 0.493 e. The number of halogens is 3. The summed E-state index contributed by atoms with van der Waals surface area (Å²) in [4.78, 5) is 17.3. The number of nitrogens with zero attached hydrogens (tertiary/aromatic N) is 3. The van der Waals surface area contributed by atoms with Crippen molar-refractivity contribution >= 4 is 23.4 Å². The number of aromatic nitrogens is 3. The number of ether oxygens (including phenoxy) is 4. The number of alkyl halides is 3. The second-order valence-corrected chi connectivity index (χ2v) is 9.71. The van der Waals surface area contributed by atoms with Gasteiger partial charge < -0.3 is 24.3 Å². The molecule has 0 aliphatic rings. The SMILES string of the molecule is CCOc1cc(-c2nnc(SCC(=O)Nc3ccccc3C(F)(F)F)nc2-c2ccc(OC)c(OCC)c2)ccc1OC. The minimum absolute atomic E-state index is 0.144. The maximum Gasteiger partial charge on any atom is 0.418 e. The first-order valence-electron chi connectivity index (χ1n) is 13.1. The summed E-state index contributed by atoms with van der Waals surface area (Å²) in [6.07, 6.45) is -4.61. The molecule has 43 heavy (non-hydrogen) atoms. The van der Waals surface area contributed by atoms with E-state index in [-0.39, 0.29) is 16.6 Å². The lowest BCUT2D eigenvalue weighted by atomic mass is 10.0. The number of para-hydroxylation sites is 1. The van der Waals surface area contributed by atoms with E-state index in [4.69, 9.17) is 23.9 Å². The lowest BCUT2D eigenvalue weighted by Gasteiger charge is -2.15. The summed E-state index contributed by atoms with van der Waals surface area (Å²) in [5, 5.41) is 11.1. The number of amides is 1. The summed E-state index contributed by atoms with van der Waals surface area (Å²) in [7, 11) is 3.08. The fourth-order valence-corrected chi connectivity index (χ4v) is 4.70. The van der Waals surface area contributed by atoms with Crippen molar-refractivity contribution in [3.63, 3.8) is 0 Å². The van der Waals surface area contributed by atoms with Gasteiger partial charge in [-0.2, -0.15) is 13.2 Å². The molecule has 0 saturated heterocycles. The molecule has 226 valence electrons. The van der Waals surface area contributed by atoms with Gasteiger partial charge >= 0.3 is 6.18 Å². The van der Waals surface area contributed by atoms with Crippen molar-refractivity contribution in [3.8, 4) is 45.5 Å². The topological polar surface area (TPSA) is 105 Å². The Kier molecular flexibility index (Phi) is 10.3. The van der Waals surface area contributed by atoms with Gasteiger partial charge in [0.25, 0.3) is 0 Å². The van der Waals surface area contributed by atoms with E-state index in [9.17, 15) is 18.0 Å². The van der Waals surface area contributed by atoms with Crippen molar-refractivity contribution < 1.29 is 36.9 Å². The van der Waals surface area contributed by atoms with Crippen molar-refractivity contribution in [3.05, 3.63) is 66.2 Å². The lowest BCUT2D eigenvalue weighted by molar-refractivity contribution is -0.137. The van der Waals surface area contributed by atoms with Gasteiger partial charge in [-0.05, 0) is 62.4 Å². The summed E-state index contributed by atoms with van der Waals surface area (Å²) < 4.78 is 62.4. The highest BCUT2D eigenvalue weighted by molar-refractivity contribution is 7.99. The summed E-state index contributed by atoms with van der Waals surface area (Å²) in [6, 6.07) is 15.4. The van der Waals surface area contributed by atoms with Gasteiger partial charge in [-0.1, -0.05) is 23.9 Å². The first-order valence-corrected chi connectivity index (χ1v) is 14.1. The smallest absolute Gasteiger partial charge is 0.418 e. The molecule has 9 nitrogen and oxygen atoms in total. The van der Waals surface area contributed by atoms with Crippen LogP contribution in [0, 0.1) is 0 Å². The Morgan fingerprint density at radius 2 is 1.40 bits per heavy atom. The standard InChI is InChI=1S/C30H29F3N4O5S/c1-5-41-24-15-18(11-13-22(24)39-3)27-28(19-12-14-23(40-4)25(16-19)42-6-2)36-37-29(35-27)43-17-26(38)34-21-10-8-7-9-20(21)30(31,32)33/h7-16H,5-6,17H2,1-4H3,(H,34,38). The lowest BCUT2D eigenvalue weighted by Crippen LogP contribution is -2.18. The number of hydrogen-bond acceptors (Lipinski definition) is 9. The van der Waals surface area contributed by atoms with Crippen LogP contribution < -0.4 is 24.3 Å². The number of rotatable bonds is 12. The Morgan fingerprint density at radius 3 is 1.95 bits per heavy atom. The van der Waals surface area contributed by atoms with Crippen LogP contribution in [0.25, 0.3) is 22.5 Å². The first-order chi connectivity index (χ1) is 20.7. The van der Waals surface area contributed by atoms with Crippen LogP contribution in [0.4, 0.5) is 18.9 Å². The molecule has 1 heterocycles. The molecule has 0 aliphatic heterocycles. The second kappa shape index (κ2) is 14.1. The molecule has 0 unspecified atom stereocenters. The van der Waals surface area contributed by atoms with E-state index in [1.807, 2.05) is 13.8 Å². The van der Waals surface area contributed by atoms with Crippen LogP contribution in [0.3, 0.4) is 0 Å². The van der Waals surface area contributed by atoms with Gasteiger partial charge in [0, 0.05) is 11.1 Å². The molecule has 0 radical (unpaired) electrons. The van der Waals surface area contributed by atoms with E-state index in [2.05, 4.69) is 15.5 Å². The quantitative estimate of drug-likeness (QED) is 0.173. The zero-order valence-electron chi connectivity index (χ0n) is 23.8. The molecule has 13 heteroatoms. The maximum atomic E-state index is 13.4. The van der Waals surface area contributed by atoms with Crippen LogP contribution in [0.15, 0.2) is 65.8 Å². The second-order valence-electron chi connectivity index (χ2n) is 8.77. The highest BCUT2D eigenvalue weighted by Gasteiger charge is 2.33. The Balaban J connectivity index is 1.69. The Hall–Kier alpha value is -4.52. The van der Waals surface area contributed by atoms with Gasteiger partial charge in [-0.15, -0.1) is 10.2 Å². The molecule has 1 amide bonds. The molecule has 0 bridgehead atoms. The number of carbonyl (C=O) groups excluding carboxylic acids is 1. The Bertz CT molecular complexity index is 1590. The fraction of sp³-hybridized carbons (Fsp3) is 0.267. The van der Waals surface area contributed by atoms with E-state index < -0.39 is 17.6 Å². The third kappa shape index (κ3) is 7.66. The average molecular weight is 615 g/mol. The predicted molar refractivity (Wildman–Crippen MR) is 157 cm³/mol. The molecular formula is C30H29F3N4O5S. The molecule has 4 rings (SSSR count). The van der Waals surface area contributed by atoms with Gasteiger partial charge in [0.2, 0.25) is 11.1 Å². The number of benzene rings is 3. The number of thioether (sulfide) groups is 1. The van der Waals surface area contributed by atoms with Gasteiger partial charge in [0.1, 0.15) is 11.4 Å². The van der Waals surface area contributed by atoms with Gasteiger partial charge in [-0.25, -0.2) is 4.98 Å². The van der Waals surface area contributed by atoms with Crippen LogP contribution in [-0.2, 0) is 11.0 Å². The number of methoxy groups -OCH3 is 2. The summed E-state index contributed by atoms with van der Waals surface area (Å²) in [5.74, 6) is 1.17. The third-order valence-corrected chi connectivity index (χ3v) is 6.82. The number of carbonyl (C=O) groups is 1. The minimum Gasteiger partial charge on any atom is -0.493 e. The molecule has 0 saturated carbocycles. The van der Waals surface area contributed by atoms with Crippen molar-refractivity contribution in [2.75, 3.05) is 38.5 Å². The maximum absolute atomic E-state index is 13.4. The van der Waals surface area contributed by atoms with E-state index in [1.165, 1.54) is 25.3 Å². The number of nitrogens with one attached hydrogen (secondary N) is 1. The number of anilines is 1. The predicted octanol–water partition coefficient (Wildman–Crippen LogP) is 6.77. The molecule has 4 aromatic rings. The normalized spacial score (nSPS) is 11.1. The molecule has 0 fully saturated rings. The van der Waals surface area contributed by atoms with E-state index in [0.717, 1.165) is 17.8 Å². The zero-order valence-corrected chi connectivity index (χ0v) is 24.6. The average Bonchev–Trinajstić information content (AvgIpc) is 3.00. The van der Waals surface area contributed by atoms with Crippen LogP contribution in [0.1, 0.15) is 19.4 Å². The first kappa shape index (κ1) is 31.4. The zero-order chi connectivity index (χ0) is 31.0. The van der Waals surface area contributed by atoms with Crippen LogP contribution in [-0.4, -0.2) is 54.3 Å². The van der Waals surface area contributed by atoms with Crippen LogP contribution in [0.2, 0.25) is 0 Å². The van der Waals surface area contributed by atoms with Gasteiger partial charge in [0.15, 0.2) is 23.0 Å². The monoisotopic (exact) mass is 614 g/mol. The third-order valence-electron chi connectivity index (χ3n) is 5.98. The van der Waals surface area contributed by atoms with Crippen molar-refractivity contribution in [1.82, 2.24) is 15.2 Å². The number of hydrogen-bond donors (Lipinski definition) is 1. The molecule has 0 aliphatic carbocycles. The van der Waals surface area contributed by atoms with E-state index in [0.29, 0.717) is 58.7 Å². The van der Waals surface area contributed by atoms with E-state index >= 15 is 0 Å². The Labute approximate surface area is 250 Å². The molecular weight excluding hydrogens is 585 g/mol. The summed E-state index contributed by atoms with van der Waals surface area (Å²) >= 11 is 0.935. The minimum atomic E-state index is -4.61. The highest BCUT2D eigenvalue weighted by atomic mass is 32.2. The highest BCUT2D eigenvalue weighted by Crippen LogP contribution is 2.39. The molecule has 1 N–H and O–H groups in total. The van der Waals surface area contributed by atoms with Gasteiger partial charge in [-0.3, -0.25) is 4.79 Å². The van der Waals surface area contributed by atoms with E-state index in [1.54, 1.807) is 43.5 Å². The van der Waals surface area contributed by atoms with Gasteiger partial charge in [0.05, 0.1) is 44.4 Å².